The second-order valence-electron chi connectivity index (χ2n) is 9.06. The smallest absolute Gasteiger partial charge is 0.0645 e. The van der Waals surface area contributed by atoms with Gasteiger partial charge < -0.3 is 4.74 Å². The van der Waals surface area contributed by atoms with E-state index in [1.54, 1.807) is 0 Å². The topological polar surface area (TPSA) is 12.5 Å². The van der Waals surface area contributed by atoms with Gasteiger partial charge in [0.15, 0.2) is 0 Å². The Morgan fingerprint density at radius 3 is 2.57 bits per heavy atom. The molecule has 2 aliphatic rings. The lowest BCUT2D eigenvalue weighted by molar-refractivity contribution is -0.00830. The molecule has 0 N–H and O–H groups in total. The van der Waals surface area contributed by atoms with Crippen LogP contribution in [0.2, 0.25) is 5.02 Å². The first-order chi connectivity index (χ1) is 13.5. The molecule has 4 rings (SSSR count). The van der Waals surface area contributed by atoms with Crippen LogP contribution in [0.3, 0.4) is 0 Å². The molecule has 2 nitrogen and oxygen atoms in total. The van der Waals surface area contributed by atoms with Crippen LogP contribution in [0.5, 0.6) is 0 Å². The molecule has 28 heavy (non-hydrogen) atoms. The number of aryl methyl sites for hydroxylation is 1. The van der Waals surface area contributed by atoms with Gasteiger partial charge >= 0.3 is 0 Å². The fraction of sp³-hybridized carbons (Fsp3) is 0.520. The van der Waals surface area contributed by atoms with Crippen molar-refractivity contribution in [2.45, 2.75) is 57.6 Å². The van der Waals surface area contributed by atoms with Gasteiger partial charge in [-0.05, 0) is 69.7 Å². The predicted octanol–water partition coefficient (Wildman–Crippen LogP) is 6.08. The molecule has 0 radical (unpaired) electrons. The normalized spacial score (nSPS) is 26.0. The summed E-state index contributed by atoms with van der Waals surface area (Å²) in [6.45, 7) is 7.75. The zero-order valence-electron chi connectivity index (χ0n) is 17.2. The van der Waals surface area contributed by atoms with E-state index in [1.807, 2.05) is 12.1 Å². The van der Waals surface area contributed by atoms with Gasteiger partial charge in [-0.2, -0.15) is 0 Å². The molecule has 0 spiro atoms. The maximum Gasteiger partial charge on any atom is 0.0645 e. The summed E-state index contributed by atoms with van der Waals surface area (Å²) in [4.78, 5) is 2.64. The molecule has 2 atom stereocenters. The van der Waals surface area contributed by atoms with Gasteiger partial charge in [0.1, 0.15) is 0 Å². The fourth-order valence-corrected chi connectivity index (χ4v) is 5.59. The molecule has 3 heteroatoms. The molecule has 2 aliphatic heterocycles. The highest BCUT2D eigenvalue weighted by Crippen LogP contribution is 2.47. The summed E-state index contributed by atoms with van der Waals surface area (Å²) in [5.74, 6) is 0. The molecule has 2 unspecified atom stereocenters. The molecule has 2 aromatic carbocycles. The molecule has 0 bridgehead atoms. The summed E-state index contributed by atoms with van der Waals surface area (Å²) in [5, 5.41) is 0.867. The summed E-state index contributed by atoms with van der Waals surface area (Å²) in [6, 6.07) is 19.2. The predicted molar refractivity (Wildman–Crippen MR) is 117 cm³/mol. The highest BCUT2D eigenvalue weighted by Gasteiger charge is 2.49. The van der Waals surface area contributed by atoms with Crippen molar-refractivity contribution < 1.29 is 4.74 Å². The number of benzene rings is 2. The first kappa shape index (κ1) is 19.9. The van der Waals surface area contributed by atoms with Gasteiger partial charge in [0.2, 0.25) is 0 Å². The highest BCUT2D eigenvalue weighted by molar-refractivity contribution is 6.31. The van der Waals surface area contributed by atoms with Crippen molar-refractivity contribution in [3.8, 4) is 0 Å². The van der Waals surface area contributed by atoms with E-state index in [2.05, 4.69) is 61.2 Å². The molecule has 2 heterocycles. The van der Waals surface area contributed by atoms with E-state index in [9.17, 15) is 0 Å². The second kappa shape index (κ2) is 8.18. The van der Waals surface area contributed by atoms with E-state index in [1.165, 1.54) is 36.8 Å². The number of rotatable bonds is 6. The van der Waals surface area contributed by atoms with E-state index >= 15 is 0 Å². The first-order valence-electron chi connectivity index (χ1n) is 10.7. The van der Waals surface area contributed by atoms with Crippen LogP contribution in [0.4, 0.5) is 0 Å². The average Bonchev–Trinajstić information content (AvgIpc) is 3.39. The van der Waals surface area contributed by atoms with Gasteiger partial charge in [-0.15, -0.1) is 0 Å². The van der Waals surface area contributed by atoms with Crippen LogP contribution in [0.25, 0.3) is 0 Å². The van der Waals surface area contributed by atoms with Crippen molar-refractivity contribution in [1.82, 2.24) is 4.90 Å². The molecule has 0 amide bonds. The van der Waals surface area contributed by atoms with Gasteiger partial charge in [-0.1, -0.05) is 60.1 Å². The Bertz CT molecular complexity index is 784. The maximum atomic E-state index is 6.58. The standard InChI is InChI=1S/C25H32ClNO/c1-24(2,21-11-6-7-12-22(21)26)27-17-16-25(19-27,23-13-8-18-28-23)15-14-20-9-4-3-5-10-20/h3-7,9-12,23H,8,13-19H2,1-2H3. The Kier molecular flexibility index (Phi) is 5.83. The Labute approximate surface area is 174 Å². The Morgan fingerprint density at radius 1 is 1.11 bits per heavy atom. The summed E-state index contributed by atoms with van der Waals surface area (Å²) in [7, 11) is 0. The minimum atomic E-state index is -0.0779. The number of hydrogen-bond acceptors (Lipinski definition) is 2. The van der Waals surface area contributed by atoms with Gasteiger partial charge in [0, 0.05) is 29.1 Å². The van der Waals surface area contributed by atoms with E-state index in [0.717, 1.165) is 31.1 Å². The fourth-order valence-electron chi connectivity index (χ4n) is 5.23. The molecular formula is C25H32ClNO. The molecule has 2 aromatic rings. The lowest BCUT2D eigenvalue weighted by Gasteiger charge is -2.40. The minimum absolute atomic E-state index is 0.0779. The largest absolute Gasteiger partial charge is 0.378 e. The molecule has 0 aromatic heterocycles. The molecule has 0 saturated carbocycles. The molecule has 2 saturated heterocycles. The number of likely N-dealkylation sites (tertiary alicyclic amines) is 1. The van der Waals surface area contributed by atoms with Gasteiger partial charge in [0.25, 0.3) is 0 Å². The third-order valence-corrected chi connectivity index (χ3v) is 7.41. The Morgan fingerprint density at radius 2 is 1.86 bits per heavy atom. The van der Waals surface area contributed by atoms with Crippen LogP contribution in [0.1, 0.15) is 50.7 Å². The quantitative estimate of drug-likeness (QED) is 0.585. The Hall–Kier alpha value is -1.35. The zero-order valence-corrected chi connectivity index (χ0v) is 17.9. The monoisotopic (exact) mass is 397 g/mol. The molecule has 150 valence electrons. The second-order valence-corrected chi connectivity index (χ2v) is 9.47. The molecule has 0 aliphatic carbocycles. The van der Waals surface area contributed by atoms with Gasteiger partial charge in [0.05, 0.1) is 6.10 Å². The number of hydrogen-bond donors (Lipinski definition) is 0. The van der Waals surface area contributed by atoms with E-state index < -0.39 is 0 Å². The molecule has 2 fully saturated rings. The number of ether oxygens (including phenoxy) is 1. The third-order valence-electron chi connectivity index (χ3n) is 7.08. The van der Waals surface area contributed by atoms with Crippen LogP contribution in [0, 0.1) is 5.41 Å². The Balaban J connectivity index is 1.56. The zero-order chi connectivity index (χ0) is 19.6. The maximum absolute atomic E-state index is 6.58. The lowest BCUT2D eigenvalue weighted by atomic mass is 9.75. The number of nitrogens with zero attached hydrogens (tertiary/aromatic N) is 1. The first-order valence-corrected chi connectivity index (χ1v) is 11.0. The van der Waals surface area contributed by atoms with E-state index in [4.69, 9.17) is 16.3 Å². The van der Waals surface area contributed by atoms with E-state index in [-0.39, 0.29) is 11.0 Å². The van der Waals surface area contributed by atoms with Crippen molar-refractivity contribution >= 4 is 11.6 Å². The van der Waals surface area contributed by atoms with Crippen molar-refractivity contribution in [1.29, 1.82) is 0 Å². The van der Waals surface area contributed by atoms with Gasteiger partial charge in [-0.25, -0.2) is 0 Å². The van der Waals surface area contributed by atoms with Crippen LogP contribution in [-0.4, -0.2) is 30.7 Å². The average molecular weight is 398 g/mol. The third kappa shape index (κ3) is 3.87. The van der Waals surface area contributed by atoms with Crippen LogP contribution >= 0.6 is 11.6 Å². The van der Waals surface area contributed by atoms with Crippen LogP contribution in [0.15, 0.2) is 54.6 Å². The summed E-state index contributed by atoms with van der Waals surface area (Å²) < 4.78 is 6.27. The highest BCUT2D eigenvalue weighted by atomic mass is 35.5. The summed E-state index contributed by atoms with van der Waals surface area (Å²) in [5.41, 5.74) is 2.82. The van der Waals surface area contributed by atoms with Crippen molar-refractivity contribution in [2.24, 2.45) is 5.41 Å². The van der Waals surface area contributed by atoms with E-state index in [0.29, 0.717) is 6.10 Å². The van der Waals surface area contributed by atoms with Crippen molar-refractivity contribution in [3.63, 3.8) is 0 Å². The van der Waals surface area contributed by atoms with Gasteiger partial charge in [-0.3, -0.25) is 4.90 Å². The number of halogens is 1. The summed E-state index contributed by atoms with van der Waals surface area (Å²) >= 11 is 6.58. The van der Waals surface area contributed by atoms with Crippen LogP contribution in [-0.2, 0) is 16.7 Å². The van der Waals surface area contributed by atoms with Crippen molar-refractivity contribution in [3.05, 3.63) is 70.7 Å². The lowest BCUT2D eigenvalue weighted by Crippen LogP contribution is -2.44. The minimum Gasteiger partial charge on any atom is -0.378 e. The summed E-state index contributed by atoms with van der Waals surface area (Å²) in [6.07, 6.45) is 6.32. The van der Waals surface area contributed by atoms with Crippen molar-refractivity contribution in [2.75, 3.05) is 19.7 Å². The SMILES string of the molecule is CC(C)(c1ccccc1Cl)N1CCC(CCc2ccccc2)(C2CCCO2)C1. The molecular weight excluding hydrogens is 366 g/mol. The van der Waals surface area contributed by atoms with Crippen LogP contribution < -0.4 is 0 Å².